The van der Waals surface area contributed by atoms with Gasteiger partial charge in [0.25, 0.3) is 0 Å². The van der Waals surface area contributed by atoms with Gasteiger partial charge in [-0.25, -0.2) is 0 Å². The SMILES string of the molecule is CC1(C)CC(CN=C(N)Nc2ccc3c(c2)OCCCO3)CCO1. The van der Waals surface area contributed by atoms with Crippen LogP contribution in [0.25, 0.3) is 0 Å². The van der Waals surface area contributed by atoms with E-state index in [-0.39, 0.29) is 5.60 Å². The van der Waals surface area contributed by atoms with Crippen LogP contribution in [-0.4, -0.2) is 37.9 Å². The second kappa shape index (κ2) is 7.30. The Balaban J connectivity index is 1.58. The number of hydrogen-bond donors (Lipinski definition) is 2. The summed E-state index contributed by atoms with van der Waals surface area (Å²) in [5.41, 5.74) is 6.83. The lowest BCUT2D eigenvalue weighted by Crippen LogP contribution is -2.35. The Morgan fingerprint density at radius 3 is 2.83 bits per heavy atom. The quantitative estimate of drug-likeness (QED) is 0.657. The molecule has 1 atom stereocenters. The van der Waals surface area contributed by atoms with E-state index in [4.69, 9.17) is 19.9 Å². The summed E-state index contributed by atoms with van der Waals surface area (Å²) in [5.74, 6) is 2.46. The maximum Gasteiger partial charge on any atom is 0.193 e. The van der Waals surface area contributed by atoms with Crippen LogP contribution < -0.4 is 20.5 Å². The number of ether oxygens (including phenoxy) is 3. The van der Waals surface area contributed by atoms with Crippen molar-refractivity contribution in [1.82, 2.24) is 0 Å². The molecule has 3 rings (SSSR count). The van der Waals surface area contributed by atoms with Crippen LogP contribution in [0.4, 0.5) is 5.69 Å². The Morgan fingerprint density at radius 2 is 2.04 bits per heavy atom. The zero-order valence-corrected chi connectivity index (χ0v) is 14.5. The van der Waals surface area contributed by atoms with Crippen molar-refractivity contribution in [3.63, 3.8) is 0 Å². The molecule has 24 heavy (non-hydrogen) atoms. The number of nitrogens with two attached hydrogens (primary N) is 1. The molecule has 0 saturated carbocycles. The number of guanidine groups is 1. The normalized spacial score (nSPS) is 23.4. The molecule has 0 radical (unpaired) electrons. The van der Waals surface area contributed by atoms with Crippen LogP contribution in [0.2, 0.25) is 0 Å². The molecule has 1 aromatic rings. The monoisotopic (exact) mass is 333 g/mol. The average molecular weight is 333 g/mol. The van der Waals surface area contributed by atoms with Crippen LogP contribution in [0.3, 0.4) is 0 Å². The van der Waals surface area contributed by atoms with Gasteiger partial charge < -0.3 is 25.3 Å². The molecule has 2 heterocycles. The first-order valence-corrected chi connectivity index (χ1v) is 8.62. The zero-order valence-electron chi connectivity index (χ0n) is 14.5. The van der Waals surface area contributed by atoms with Crippen LogP contribution in [-0.2, 0) is 4.74 Å². The first-order chi connectivity index (χ1) is 11.5. The minimum Gasteiger partial charge on any atom is -0.490 e. The first kappa shape index (κ1) is 16.9. The van der Waals surface area contributed by atoms with Crippen molar-refractivity contribution >= 4 is 11.6 Å². The molecule has 2 aliphatic rings. The van der Waals surface area contributed by atoms with Crippen molar-refractivity contribution in [3.05, 3.63) is 18.2 Å². The highest BCUT2D eigenvalue weighted by atomic mass is 16.5. The molecule has 1 unspecified atom stereocenters. The van der Waals surface area contributed by atoms with Crippen molar-refractivity contribution < 1.29 is 14.2 Å². The second-order valence-electron chi connectivity index (χ2n) is 7.03. The van der Waals surface area contributed by atoms with Gasteiger partial charge in [-0.3, -0.25) is 4.99 Å². The Morgan fingerprint density at radius 1 is 1.25 bits per heavy atom. The van der Waals surface area contributed by atoms with Gasteiger partial charge in [-0.1, -0.05) is 0 Å². The fourth-order valence-corrected chi connectivity index (χ4v) is 3.17. The van der Waals surface area contributed by atoms with Gasteiger partial charge in [0.1, 0.15) is 0 Å². The zero-order chi connectivity index (χ0) is 17.0. The minimum atomic E-state index is -0.0605. The van der Waals surface area contributed by atoms with E-state index >= 15 is 0 Å². The van der Waals surface area contributed by atoms with Gasteiger partial charge in [0, 0.05) is 31.3 Å². The van der Waals surface area contributed by atoms with E-state index in [1.165, 1.54) is 0 Å². The average Bonchev–Trinajstić information content (AvgIpc) is 2.77. The summed E-state index contributed by atoms with van der Waals surface area (Å²) >= 11 is 0. The predicted molar refractivity (Wildman–Crippen MR) is 94.9 cm³/mol. The largest absolute Gasteiger partial charge is 0.490 e. The van der Waals surface area contributed by atoms with E-state index < -0.39 is 0 Å². The van der Waals surface area contributed by atoms with Crippen molar-refractivity contribution in [3.8, 4) is 11.5 Å². The molecule has 3 N–H and O–H groups in total. The molecule has 1 saturated heterocycles. The summed E-state index contributed by atoms with van der Waals surface area (Å²) in [6.45, 7) is 7.12. The van der Waals surface area contributed by atoms with E-state index in [1.807, 2.05) is 18.2 Å². The van der Waals surface area contributed by atoms with Crippen LogP contribution in [0.15, 0.2) is 23.2 Å². The fourth-order valence-electron chi connectivity index (χ4n) is 3.17. The Kier molecular flexibility index (Phi) is 5.14. The lowest BCUT2D eigenvalue weighted by Gasteiger charge is -2.34. The summed E-state index contributed by atoms with van der Waals surface area (Å²) in [7, 11) is 0. The molecule has 0 aliphatic carbocycles. The van der Waals surface area contributed by atoms with Gasteiger partial charge in [-0.05, 0) is 44.7 Å². The van der Waals surface area contributed by atoms with E-state index in [2.05, 4.69) is 24.2 Å². The molecule has 0 spiro atoms. The fraction of sp³-hybridized carbons (Fsp3) is 0.611. The number of fused-ring (bicyclic) bond motifs is 1. The molecular formula is C18H27N3O3. The standard InChI is InChI=1S/C18H27N3O3/c1-18(2)11-13(6-9-24-18)12-20-17(19)21-14-4-5-15-16(10-14)23-8-3-7-22-15/h4-5,10,13H,3,6-9,11-12H2,1-2H3,(H3,19,20,21). The Bertz CT molecular complexity index is 601. The van der Waals surface area contributed by atoms with Gasteiger partial charge in [-0.2, -0.15) is 0 Å². The third kappa shape index (κ3) is 4.54. The maximum atomic E-state index is 6.03. The number of nitrogens with zero attached hydrogens (tertiary/aromatic N) is 1. The Hall–Kier alpha value is -1.95. The third-order valence-electron chi connectivity index (χ3n) is 4.34. The number of aliphatic imine (C=N–C) groups is 1. The molecule has 6 nitrogen and oxygen atoms in total. The number of anilines is 1. The molecule has 0 amide bonds. The van der Waals surface area contributed by atoms with E-state index in [0.29, 0.717) is 25.1 Å². The van der Waals surface area contributed by atoms with Crippen molar-refractivity contribution in [1.29, 1.82) is 0 Å². The van der Waals surface area contributed by atoms with Gasteiger partial charge in [0.15, 0.2) is 17.5 Å². The van der Waals surface area contributed by atoms with Gasteiger partial charge >= 0.3 is 0 Å². The molecule has 132 valence electrons. The second-order valence-corrected chi connectivity index (χ2v) is 7.03. The van der Waals surface area contributed by atoms with Crippen molar-refractivity contribution in [2.45, 2.75) is 38.7 Å². The molecule has 2 aliphatic heterocycles. The van der Waals surface area contributed by atoms with Crippen molar-refractivity contribution in [2.24, 2.45) is 16.6 Å². The van der Waals surface area contributed by atoms with Crippen LogP contribution >= 0.6 is 0 Å². The van der Waals surface area contributed by atoms with Crippen LogP contribution in [0.1, 0.15) is 33.1 Å². The summed E-state index contributed by atoms with van der Waals surface area (Å²) in [4.78, 5) is 4.49. The number of hydrogen-bond acceptors (Lipinski definition) is 4. The van der Waals surface area contributed by atoms with Gasteiger partial charge in [-0.15, -0.1) is 0 Å². The summed E-state index contributed by atoms with van der Waals surface area (Å²) in [6, 6.07) is 5.73. The minimum absolute atomic E-state index is 0.0605. The topological polar surface area (TPSA) is 78.1 Å². The maximum absolute atomic E-state index is 6.03. The molecule has 6 heteroatoms. The highest BCUT2D eigenvalue weighted by Crippen LogP contribution is 2.32. The number of nitrogens with one attached hydrogen (secondary N) is 1. The third-order valence-corrected chi connectivity index (χ3v) is 4.34. The summed E-state index contributed by atoms with van der Waals surface area (Å²) in [6.07, 6.45) is 2.93. The molecule has 0 bridgehead atoms. The molecule has 1 fully saturated rings. The highest BCUT2D eigenvalue weighted by Gasteiger charge is 2.28. The number of rotatable bonds is 3. The van der Waals surface area contributed by atoms with Gasteiger partial charge in [0.2, 0.25) is 0 Å². The van der Waals surface area contributed by atoms with Crippen molar-refractivity contribution in [2.75, 3.05) is 31.7 Å². The van der Waals surface area contributed by atoms with E-state index in [1.54, 1.807) is 0 Å². The van der Waals surface area contributed by atoms with Crippen LogP contribution in [0.5, 0.6) is 11.5 Å². The van der Waals surface area contributed by atoms with E-state index in [0.717, 1.165) is 49.6 Å². The molecular weight excluding hydrogens is 306 g/mol. The lowest BCUT2D eigenvalue weighted by molar-refractivity contribution is -0.0705. The lowest BCUT2D eigenvalue weighted by atomic mass is 9.88. The highest BCUT2D eigenvalue weighted by molar-refractivity contribution is 5.92. The molecule has 0 aromatic heterocycles. The Labute approximate surface area is 143 Å². The summed E-state index contributed by atoms with van der Waals surface area (Å²) < 4.78 is 17.1. The number of benzene rings is 1. The van der Waals surface area contributed by atoms with Crippen LogP contribution in [0, 0.1) is 5.92 Å². The van der Waals surface area contributed by atoms with E-state index in [9.17, 15) is 0 Å². The smallest absolute Gasteiger partial charge is 0.193 e. The summed E-state index contributed by atoms with van der Waals surface area (Å²) in [5, 5.41) is 3.13. The first-order valence-electron chi connectivity index (χ1n) is 8.62. The molecule has 1 aromatic carbocycles. The van der Waals surface area contributed by atoms with Gasteiger partial charge in [0.05, 0.1) is 18.8 Å². The predicted octanol–water partition coefficient (Wildman–Crippen LogP) is 2.78.